The summed E-state index contributed by atoms with van der Waals surface area (Å²) in [7, 11) is 1.69. The van der Waals surface area contributed by atoms with E-state index < -0.39 is 0 Å². The second-order valence-electron chi connectivity index (χ2n) is 5.80. The van der Waals surface area contributed by atoms with E-state index in [1.807, 2.05) is 24.3 Å². The Balaban J connectivity index is 1.84. The summed E-state index contributed by atoms with van der Waals surface area (Å²) in [5, 5.41) is 0.928. The molecule has 0 bridgehead atoms. The fourth-order valence-corrected chi connectivity index (χ4v) is 3.50. The number of aromatic nitrogens is 2. The minimum atomic E-state index is -0.359. The topological polar surface area (TPSA) is 55.2 Å². The highest BCUT2D eigenvalue weighted by Gasteiger charge is 2.15. The SMILES string of the molecule is CN(Cc1ccccc1Br)C(=O)Cn1cnc2c(Cl)cc(Cl)cc2c1=O. The molecule has 3 aromatic rings. The molecule has 2 aromatic carbocycles. The maximum absolute atomic E-state index is 12.6. The van der Waals surface area contributed by atoms with Crippen molar-refractivity contribution in [3.63, 3.8) is 0 Å². The molecule has 0 saturated carbocycles. The largest absolute Gasteiger partial charge is 0.340 e. The number of halogens is 3. The van der Waals surface area contributed by atoms with Crippen LogP contribution in [-0.2, 0) is 17.9 Å². The molecule has 0 radical (unpaired) electrons. The van der Waals surface area contributed by atoms with Crippen molar-refractivity contribution < 1.29 is 4.79 Å². The summed E-state index contributed by atoms with van der Waals surface area (Å²) in [6.45, 7) is 0.306. The van der Waals surface area contributed by atoms with E-state index in [9.17, 15) is 9.59 Å². The number of hydrogen-bond acceptors (Lipinski definition) is 3. The molecule has 134 valence electrons. The molecule has 0 aliphatic heterocycles. The number of benzene rings is 2. The summed E-state index contributed by atoms with van der Waals surface area (Å²) in [5.74, 6) is -0.211. The summed E-state index contributed by atoms with van der Waals surface area (Å²) in [5.41, 5.74) is 0.985. The highest BCUT2D eigenvalue weighted by molar-refractivity contribution is 9.10. The highest BCUT2D eigenvalue weighted by Crippen LogP contribution is 2.24. The quantitative estimate of drug-likeness (QED) is 0.595. The predicted molar refractivity (Wildman–Crippen MR) is 107 cm³/mol. The predicted octanol–water partition coefficient (Wildman–Crippen LogP) is 4.12. The van der Waals surface area contributed by atoms with Gasteiger partial charge in [0.05, 0.1) is 22.3 Å². The molecule has 1 aromatic heterocycles. The zero-order valence-electron chi connectivity index (χ0n) is 13.7. The van der Waals surface area contributed by atoms with Crippen molar-refractivity contribution in [2.24, 2.45) is 0 Å². The lowest BCUT2D eigenvalue weighted by Crippen LogP contribution is -2.33. The second kappa shape index (κ2) is 7.78. The molecule has 0 spiro atoms. The number of carbonyl (C=O) groups is 1. The Bertz CT molecular complexity index is 1050. The maximum atomic E-state index is 12.6. The molecule has 5 nitrogen and oxygen atoms in total. The van der Waals surface area contributed by atoms with Gasteiger partial charge in [-0.3, -0.25) is 14.2 Å². The van der Waals surface area contributed by atoms with Crippen molar-refractivity contribution in [3.05, 3.63) is 73.2 Å². The molecule has 1 amide bonds. The van der Waals surface area contributed by atoms with Gasteiger partial charge in [0.25, 0.3) is 5.56 Å². The third-order valence-corrected chi connectivity index (χ3v) is 5.22. The molecule has 0 N–H and O–H groups in total. The van der Waals surface area contributed by atoms with Crippen LogP contribution in [0.1, 0.15) is 5.56 Å². The van der Waals surface area contributed by atoms with Crippen molar-refractivity contribution in [1.29, 1.82) is 0 Å². The first-order valence-corrected chi connectivity index (χ1v) is 9.23. The highest BCUT2D eigenvalue weighted by atomic mass is 79.9. The number of amides is 1. The van der Waals surface area contributed by atoms with Gasteiger partial charge < -0.3 is 4.90 Å². The minimum absolute atomic E-state index is 0.118. The molecule has 0 aliphatic carbocycles. The van der Waals surface area contributed by atoms with E-state index in [4.69, 9.17) is 23.2 Å². The molecule has 0 atom stereocenters. The van der Waals surface area contributed by atoms with E-state index in [-0.39, 0.29) is 23.4 Å². The van der Waals surface area contributed by atoms with E-state index in [1.54, 1.807) is 11.9 Å². The first-order valence-electron chi connectivity index (χ1n) is 7.68. The van der Waals surface area contributed by atoms with E-state index in [2.05, 4.69) is 20.9 Å². The van der Waals surface area contributed by atoms with Crippen molar-refractivity contribution in [2.45, 2.75) is 13.1 Å². The number of likely N-dealkylation sites (N-methyl/N-ethyl adjacent to an activating group) is 1. The lowest BCUT2D eigenvalue weighted by Gasteiger charge is -2.18. The van der Waals surface area contributed by atoms with Gasteiger partial charge in [-0.05, 0) is 23.8 Å². The van der Waals surface area contributed by atoms with Crippen molar-refractivity contribution >= 4 is 55.9 Å². The van der Waals surface area contributed by atoms with Crippen LogP contribution in [0.2, 0.25) is 10.0 Å². The number of carbonyl (C=O) groups excluding carboxylic acids is 1. The van der Waals surface area contributed by atoms with Crippen molar-refractivity contribution in [3.8, 4) is 0 Å². The molecule has 0 aliphatic rings. The van der Waals surface area contributed by atoms with Gasteiger partial charge in [-0.15, -0.1) is 0 Å². The average molecular weight is 455 g/mol. The molecule has 26 heavy (non-hydrogen) atoms. The third kappa shape index (κ3) is 3.92. The summed E-state index contributed by atoms with van der Waals surface area (Å²) >= 11 is 15.5. The van der Waals surface area contributed by atoms with E-state index in [0.29, 0.717) is 22.1 Å². The fraction of sp³-hybridized carbons (Fsp3) is 0.167. The fourth-order valence-electron chi connectivity index (χ4n) is 2.54. The Morgan fingerprint density at radius 1 is 1.27 bits per heavy atom. The van der Waals surface area contributed by atoms with Crippen LogP contribution in [0.25, 0.3) is 10.9 Å². The molecular weight excluding hydrogens is 441 g/mol. The summed E-state index contributed by atoms with van der Waals surface area (Å²) in [6.07, 6.45) is 1.33. The van der Waals surface area contributed by atoms with Crippen LogP contribution in [-0.4, -0.2) is 27.4 Å². The number of fused-ring (bicyclic) bond motifs is 1. The zero-order valence-corrected chi connectivity index (χ0v) is 16.8. The zero-order chi connectivity index (χ0) is 18.8. The van der Waals surface area contributed by atoms with Gasteiger partial charge in [0.2, 0.25) is 5.91 Å². The average Bonchev–Trinajstić information content (AvgIpc) is 2.59. The molecule has 1 heterocycles. The van der Waals surface area contributed by atoms with Crippen molar-refractivity contribution in [2.75, 3.05) is 7.05 Å². The molecule has 0 fully saturated rings. The van der Waals surface area contributed by atoms with Crippen LogP contribution >= 0.6 is 39.1 Å². The van der Waals surface area contributed by atoms with Gasteiger partial charge in [0, 0.05) is 23.1 Å². The second-order valence-corrected chi connectivity index (χ2v) is 7.50. The number of rotatable bonds is 4. The Hall–Kier alpha value is -1.89. The normalized spacial score (nSPS) is 10.9. The lowest BCUT2D eigenvalue weighted by molar-refractivity contribution is -0.131. The Morgan fingerprint density at radius 3 is 2.73 bits per heavy atom. The van der Waals surface area contributed by atoms with Crippen LogP contribution in [0.3, 0.4) is 0 Å². The first kappa shape index (κ1) is 18.9. The Labute approximate surface area is 168 Å². The standard InChI is InChI=1S/C18H14BrCl2N3O2/c1-23(8-11-4-2-3-5-14(11)19)16(25)9-24-10-22-17-13(18(24)26)6-12(20)7-15(17)21/h2-7,10H,8-9H2,1H3. The van der Waals surface area contributed by atoms with Crippen LogP contribution in [0, 0.1) is 0 Å². The number of nitrogens with zero attached hydrogens (tertiary/aromatic N) is 3. The first-order chi connectivity index (χ1) is 12.4. The van der Waals surface area contributed by atoms with Gasteiger partial charge in [0.15, 0.2) is 0 Å². The summed E-state index contributed by atoms with van der Waals surface area (Å²) in [6, 6.07) is 10.7. The van der Waals surface area contributed by atoms with Gasteiger partial charge in [-0.25, -0.2) is 4.98 Å². The minimum Gasteiger partial charge on any atom is -0.340 e. The maximum Gasteiger partial charge on any atom is 0.261 e. The van der Waals surface area contributed by atoms with Gasteiger partial charge >= 0.3 is 0 Å². The van der Waals surface area contributed by atoms with Crippen LogP contribution in [0.15, 0.2) is 52.0 Å². The van der Waals surface area contributed by atoms with Gasteiger partial charge in [-0.2, -0.15) is 0 Å². The van der Waals surface area contributed by atoms with E-state index >= 15 is 0 Å². The van der Waals surface area contributed by atoms with Crippen LogP contribution < -0.4 is 5.56 Å². The number of hydrogen-bond donors (Lipinski definition) is 0. The van der Waals surface area contributed by atoms with E-state index in [1.165, 1.54) is 23.0 Å². The smallest absolute Gasteiger partial charge is 0.261 e. The Morgan fingerprint density at radius 2 is 2.00 bits per heavy atom. The summed E-state index contributed by atoms with van der Waals surface area (Å²) < 4.78 is 2.18. The Kier molecular flexibility index (Phi) is 5.65. The van der Waals surface area contributed by atoms with Gasteiger partial charge in [0.1, 0.15) is 6.54 Å². The molecule has 0 saturated heterocycles. The monoisotopic (exact) mass is 453 g/mol. The molecule has 8 heteroatoms. The van der Waals surface area contributed by atoms with Gasteiger partial charge in [-0.1, -0.05) is 57.3 Å². The summed E-state index contributed by atoms with van der Waals surface area (Å²) in [4.78, 5) is 30.9. The van der Waals surface area contributed by atoms with Crippen molar-refractivity contribution in [1.82, 2.24) is 14.5 Å². The van der Waals surface area contributed by atoms with Crippen LogP contribution in [0.5, 0.6) is 0 Å². The third-order valence-electron chi connectivity index (χ3n) is 3.94. The van der Waals surface area contributed by atoms with Crippen LogP contribution in [0.4, 0.5) is 0 Å². The molecule has 0 unspecified atom stereocenters. The van der Waals surface area contributed by atoms with E-state index in [0.717, 1.165) is 10.0 Å². The molecular formula is C18H14BrCl2N3O2. The molecule has 3 rings (SSSR count). The lowest BCUT2D eigenvalue weighted by atomic mass is 10.2.